The van der Waals surface area contributed by atoms with Crippen molar-refractivity contribution in [1.29, 1.82) is 0 Å². The summed E-state index contributed by atoms with van der Waals surface area (Å²) in [5, 5.41) is 3.49. The Labute approximate surface area is 86.8 Å². The summed E-state index contributed by atoms with van der Waals surface area (Å²) < 4.78 is 0. The highest BCUT2D eigenvalue weighted by Crippen LogP contribution is 2.20. The van der Waals surface area contributed by atoms with Gasteiger partial charge in [-0.3, -0.25) is 4.79 Å². The molecule has 0 aliphatic carbocycles. The van der Waals surface area contributed by atoms with Crippen LogP contribution in [0, 0.1) is 0 Å². The number of thiazole rings is 1. The molecule has 0 N–H and O–H groups in total. The van der Waals surface area contributed by atoms with Gasteiger partial charge in [0, 0.05) is 18.1 Å². The van der Waals surface area contributed by atoms with Gasteiger partial charge in [-0.15, -0.1) is 11.3 Å². The van der Waals surface area contributed by atoms with Crippen LogP contribution in [0.3, 0.4) is 0 Å². The van der Waals surface area contributed by atoms with Gasteiger partial charge in [0.25, 0.3) is 0 Å². The monoisotopic (exact) mass is 215 g/mol. The third-order valence-corrected chi connectivity index (χ3v) is 3.59. The molecule has 1 aromatic heterocycles. The predicted molar refractivity (Wildman–Crippen MR) is 58.5 cm³/mol. The normalized spacial score (nSPS) is 10.8. The van der Waals surface area contributed by atoms with Crippen LogP contribution in [0.15, 0.2) is 5.38 Å². The summed E-state index contributed by atoms with van der Waals surface area (Å²) in [5.41, 5.74) is 0.601. The molecule has 0 bridgehead atoms. The van der Waals surface area contributed by atoms with Crippen molar-refractivity contribution in [3.8, 4) is 0 Å². The van der Waals surface area contributed by atoms with Crippen molar-refractivity contribution in [3.63, 3.8) is 0 Å². The van der Waals surface area contributed by atoms with Gasteiger partial charge in [-0.2, -0.15) is 11.8 Å². The minimum Gasteiger partial charge on any atom is -0.293 e. The summed E-state index contributed by atoms with van der Waals surface area (Å²) >= 11 is 3.41. The Bertz CT molecular complexity index is 294. The van der Waals surface area contributed by atoms with Gasteiger partial charge in [-0.1, -0.05) is 13.8 Å². The second kappa shape index (κ2) is 4.77. The highest BCUT2D eigenvalue weighted by molar-refractivity contribution is 7.99. The maximum atomic E-state index is 10.9. The Kier molecular flexibility index (Phi) is 3.93. The summed E-state index contributed by atoms with van der Waals surface area (Å²) in [6.45, 7) is 5.86. The third kappa shape index (κ3) is 3.48. The smallest absolute Gasteiger partial charge is 0.178 e. The molecule has 0 saturated heterocycles. The number of hydrogen-bond donors (Lipinski definition) is 0. The van der Waals surface area contributed by atoms with E-state index in [1.165, 1.54) is 0 Å². The number of rotatable bonds is 4. The van der Waals surface area contributed by atoms with Crippen molar-refractivity contribution in [2.75, 3.05) is 0 Å². The molecule has 72 valence electrons. The molecule has 13 heavy (non-hydrogen) atoms. The first-order valence-corrected chi connectivity index (χ1v) is 6.09. The van der Waals surface area contributed by atoms with Gasteiger partial charge in [0.05, 0.1) is 0 Å². The number of thioether (sulfide) groups is 1. The van der Waals surface area contributed by atoms with Crippen LogP contribution < -0.4 is 0 Å². The molecule has 2 nitrogen and oxygen atoms in total. The Morgan fingerprint density at radius 2 is 2.38 bits per heavy atom. The Morgan fingerprint density at radius 1 is 1.69 bits per heavy atom. The van der Waals surface area contributed by atoms with Gasteiger partial charge in [0.2, 0.25) is 0 Å². The van der Waals surface area contributed by atoms with Crippen LogP contribution in [0.4, 0.5) is 0 Å². The molecule has 0 radical (unpaired) electrons. The van der Waals surface area contributed by atoms with E-state index in [9.17, 15) is 4.79 Å². The van der Waals surface area contributed by atoms with Crippen molar-refractivity contribution in [2.45, 2.75) is 31.8 Å². The second-order valence-corrected chi connectivity index (χ2v) is 5.55. The Balaban J connectivity index is 2.54. The number of Topliss-reactive ketones (excluding diaryl/α,β-unsaturated/α-hetero) is 1. The minimum absolute atomic E-state index is 0.0528. The minimum atomic E-state index is 0.0528. The maximum absolute atomic E-state index is 10.9. The van der Waals surface area contributed by atoms with E-state index < -0.39 is 0 Å². The fourth-order valence-electron chi connectivity index (χ4n) is 0.777. The largest absolute Gasteiger partial charge is 0.293 e. The Hall–Kier alpha value is -0.350. The Morgan fingerprint density at radius 3 is 2.85 bits per heavy atom. The molecule has 0 saturated carbocycles. The molecule has 4 heteroatoms. The number of nitrogens with zero attached hydrogens (tertiary/aromatic N) is 1. The van der Waals surface area contributed by atoms with Crippen molar-refractivity contribution < 1.29 is 4.79 Å². The fourth-order valence-corrected chi connectivity index (χ4v) is 2.41. The van der Waals surface area contributed by atoms with Crippen molar-refractivity contribution in [2.24, 2.45) is 0 Å². The van der Waals surface area contributed by atoms with Crippen LogP contribution in [-0.2, 0) is 5.75 Å². The van der Waals surface area contributed by atoms with Gasteiger partial charge in [-0.05, 0) is 5.25 Å². The standard InChI is InChI=1S/C9H13NOS2/c1-6(2)12-5-9-10-8(4-13-9)7(3)11/h4,6H,5H2,1-3H3. The number of carbonyl (C=O) groups is 1. The summed E-state index contributed by atoms with van der Waals surface area (Å²) in [5.74, 6) is 0.965. The van der Waals surface area contributed by atoms with Crippen molar-refractivity contribution in [3.05, 3.63) is 16.1 Å². The van der Waals surface area contributed by atoms with Crippen LogP contribution in [-0.4, -0.2) is 16.0 Å². The zero-order valence-corrected chi connectivity index (χ0v) is 9.67. The van der Waals surface area contributed by atoms with Gasteiger partial charge in [0.15, 0.2) is 5.78 Å². The van der Waals surface area contributed by atoms with Gasteiger partial charge < -0.3 is 0 Å². The average Bonchev–Trinajstić information content (AvgIpc) is 2.48. The highest BCUT2D eigenvalue weighted by Gasteiger charge is 2.06. The lowest BCUT2D eigenvalue weighted by Gasteiger charge is -2.00. The molecule has 0 unspecified atom stereocenters. The SMILES string of the molecule is CC(=O)c1csc(CSC(C)C)n1. The summed E-state index contributed by atoms with van der Waals surface area (Å²) in [4.78, 5) is 15.2. The molecule has 0 atom stereocenters. The predicted octanol–water partition coefficient (Wildman–Crippen LogP) is 2.99. The first-order chi connectivity index (χ1) is 6.09. The molecule has 0 aliphatic rings. The summed E-state index contributed by atoms with van der Waals surface area (Å²) in [7, 11) is 0. The van der Waals surface area contributed by atoms with E-state index in [4.69, 9.17) is 0 Å². The number of hydrogen-bond acceptors (Lipinski definition) is 4. The number of carbonyl (C=O) groups excluding carboxylic acids is 1. The van der Waals surface area contributed by atoms with Crippen LogP contribution in [0.5, 0.6) is 0 Å². The molecule has 0 fully saturated rings. The lowest BCUT2D eigenvalue weighted by molar-refractivity contribution is 0.101. The van der Waals surface area contributed by atoms with Gasteiger partial charge in [0.1, 0.15) is 10.7 Å². The molecule has 1 heterocycles. The van der Waals surface area contributed by atoms with E-state index >= 15 is 0 Å². The zero-order chi connectivity index (χ0) is 9.84. The van der Waals surface area contributed by atoms with E-state index in [2.05, 4.69) is 18.8 Å². The first-order valence-electron chi connectivity index (χ1n) is 4.16. The molecule has 0 spiro atoms. The van der Waals surface area contributed by atoms with Crippen molar-refractivity contribution >= 4 is 28.9 Å². The van der Waals surface area contributed by atoms with Crippen LogP contribution in [0.1, 0.15) is 36.3 Å². The van der Waals surface area contributed by atoms with Crippen LogP contribution >= 0.6 is 23.1 Å². The van der Waals surface area contributed by atoms with E-state index in [1.54, 1.807) is 18.3 Å². The topological polar surface area (TPSA) is 30.0 Å². The molecule has 0 aliphatic heterocycles. The molecule has 0 amide bonds. The quantitative estimate of drug-likeness (QED) is 0.723. The maximum Gasteiger partial charge on any atom is 0.178 e. The molecule has 0 aromatic carbocycles. The highest BCUT2D eigenvalue weighted by atomic mass is 32.2. The summed E-state index contributed by atoms with van der Waals surface area (Å²) in [6, 6.07) is 0. The van der Waals surface area contributed by atoms with Crippen LogP contribution in [0.2, 0.25) is 0 Å². The molecule has 1 aromatic rings. The third-order valence-electron chi connectivity index (χ3n) is 1.45. The van der Waals surface area contributed by atoms with E-state index in [0.717, 1.165) is 10.8 Å². The van der Waals surface area contributed by atoms with Gasteiger partial charge in [-0.25, -0.2) is 4.98 Å². The lowest BCUT2D eigenvalue weighted by Crippen LogP contribution is -1.93. The summed E-state index contributed by atoms with van der Waals surface area (Å²) in [6.07, 6.45) is 0. The number of ketones is 1. The van der Waals surface area contributed by atoms with Crippen molar-refractivity contribution in [1.82, 2.24) is 4.98 Å². The fraction of sp³-hybridized carbons (Fsp3) is 0.556. The molecular formula is C9H13NOS2. The molecule has 1 rings (SSSR count). The second-order valence-electron chi connectivity index (χ2n) is 3.04. The lowest BCUT2D eigenvalue weighted by atomic mass is 10.4. The average molecular weight is 215 g/mol. The van der Waals surface area contributed by atoms with E-state index in [0.29, 0.717) is 10.9 Å². The zero-order valence-electron chi connectivity index (χ0n) is 8.03. The van der Waals surface area contributed by atoms with Crippen LogP contribution in [0.25, 0.3) is 0 Å². The first kappa shape index (κ1) is 10.7. The van der Waals surface area contributed by atoms with E-state index in [1.807, 2.05) is 17.1 Å². The molecular weight excluding hydrogens is 202 g/mol. The number of aromatic nitrogens is 1. The van der Waals surface area contributed by atoms with Gasteiger partial charge >= 0.3 is 0 Å². The van der Waals surface area contributed by atoms with E-state index in [-0.39, 0.29) is 5.78 Å².